The summed E-state index contributed by atoms with van der Waals surface area (Å²) < 4.78 is 45.7. The summed E-state index contributed by atoms with van der Waals surface area (Å²) in [6, 6.07) is 6.10. The van der Waals surface area contributed by atoms with Crippen molar-refractivity contribution >= 4 is 17.7 Å². The lowest BCUT2D eigenvalue weighted by Gasteiger charge is -2.21. The first-order chi connectivity index (χ1) is 11.3. The first kappa shape index (κ1) is 7.43. The smallest absolute Gasteiger partial charge is 0.243 e. The SMILES string of the molecule is [2H]C([2H])(NC(=O)[C@H](C)N1C(=O)C([2H])([2H])C([2H])([2H])C1=O)c1ccccc1. The van der Waals surface area contributed by atoms with E-state index in [4.69, 9.17) is 8.22 Å². The molecule has 1 aromatic carbocycles. The van der Waals surface area contributed by atoms with Crippen molar-refractivity contribution in [2.75, 3.05) is 0 Å². The van der Waals surface area contributed by atoms with Gasteiger partial charge in [-0.1, -0.05) is 30.3 Å². The van der Waals surface area contributed by atoms with Crippen LogP contribution >= 0.6 is 0 Å². The van der Waals surface area contributed by atoms with Gasteiger partial charge >= 0.3 is 0 Å². The lowest BCUT2D eigenvalue weighted by molar-refractivity contribution is -0.146. The van der Waals surface area contributed by atoms with Crippen molar-refractivity contribution < 1.29 is 22.6 Å². The Kier molecular flexibility index (Phi) is 2.21. The molecule has 0 spiro atoms. The minimum atomic E-state index is -3.10. The second-order valence-electron chi connectivity index (χ2n) is 3.89. The van der Waals surface area contributed by atoms with Crippen molar-refractivity contribution in [1.29, 1.82) is 0 Å². The van der Waals surface area contributed by atoms with Crippen molar-refractivity contribution in [2.24, 2.45) is 0 Å². The molecule has 1 heterocycles. The Balaban J connectivity index is 2.24. The van der Waals surface area contributed by atoms with Gasteiger partial charge in [0.05, 0.1) is 2.74 Å². The Hall–Kier alpha value is -2.17. The van der Waals surface area contributed by atoms with E-state index in [0.29, 0.717) is 0 Å². The van der Waals surface area contributed by atoms with Gasteiger partial charge in [-0.05, 0) is 12.5 Å². The Bertz CT molecular complexity index is 697. The Morgan fingerprint density at radius 2 is 1.95 bits per heavy atom. The molecule has 1 aromatic rings. The molecule has 0 radical (unpaired) electrons. The highest BCUT2D eigenvalue weighted by Gasteiger charge is 2.35. The third kappa shape index (κ3) is 2.99. The van der Waals surface area contributed by atoms with Gasteiger partial charge in [0, 0.05) is 24.7 Å². The van der Waals surface area contributed by atoms with E-state index in [9.17, 15) is 14.4 Å². The summed E-state index contributed by atoms with van der Waals surface area (Å²) in [5.41, 5.74) is 0.139. The summed E-state index contributed by atoms with van der Waals surface area (Å²) in [5.74, 6) is -3.99. The van der Waals surface area contributed by atoms with Crippen molar-refractivity contribution in [2.45, 2.75) is 32.2 Å². The summed E-state index contributed by atoms with van der Waals surface area (Å²) in [6.07, 6.45) is -6.20. The standard InChI is InChI=1S/C14H16N2O3/c1-10(16-12(17)7-8-13(16)18)14(19)15-9-11-5-3-2-4-6-11/h2-6,10H,7-9H2,1H3,(H,15,19)/t10-/m0/s1/i7D2,8D2,9D2. The Morgan fingerprint density at radius 3 is 2.53 bits per heavy atom. The topological polar surface area (TPSA) is 66.5 Å². The number of rotatable bonds is 4. The van der Waals surface area contributed by atoms with Crippen LogP contribution in [0, 0.1) is 0 Å². The molecule has 1 aliphatic heterocycles. The Labute approximate surface area is 120 Å². The Morgan fingerprint density at radius 1 is 1.37 bits per heavy atom. The minimum absolute atomic E-state index is 0.139. The van der Waals surface area contributed by atoms with Gasteiger partial charge in [0.15, 0.2) is 0 Å². The average Bonchev–Trinajstić information content (AvgIpc) is 2.65. The van der Waals surface area contributed by atoms with E-state index in [0.717, 1.165) is 6.92 Å². The third-order valence-corrected chi connectivity index (χ3v) is 2.58. The van der Waals surface area contributed by atoms with E-state index in [-0.39, 0.29) is 10.5 Å². The highest BCUT2D eigenvalue weighted by Crippen LogP contribution is 2.15. The zero-order chi connectivity index (χ0) is 19.2. The van der Waals surface area contributed by atoms with Crippen LogP contribution in [0.25, 0.3) is 0 Å². The molecule has 0 bridgehead atoms. The molecule has 1 N–H and O–H groups in total. The molecule has 1 fully saturated rings. The summed E-state index contributed by atoms with van der Waals surface area (Å²) in [4.78, 5) is 36.6. The summed E-state index contributed by atoms with van der Waals surface area (Å²) in [6.45, 7) is -1.19. The maximum atomic E-state index is 12.3. The molecular formula is C14H16N2O3. The van der Waals surface area contributed by atoms with Gasteiger partial charge in [-0.15, -0.1) is 0 Å². The van der Waals surface area contributed by atoms with Gasteiger partial charge in [0.1, 0.15) is 6.04 Å². The van der Waals surface area contributed by atoms with Crippen LogP contribution in [0.5, 0.6) is 0 Å². The maximum Gasteiger partial charge on any atom is 0.243 e. The normalized spacial score (nSPS) is 27.3. The number of hydrogen-bond acceptors (Lipinski definition) is 3. The maximum absolute atomic E-state index is 12.3. The van der Waals surface area contributed by atoms with Gasteiger partial charge in [-0.25, -0.2) is 0 Å². The van der Waals surface area contributed by atoms with Crippen LogP contribution in [-0.4, -0.2) is 28.7 Å². The molecule has 1 saturated heterocycles. The van der Waals surface area contributed by atoms with Gasteiger partial charge < -0.3 is 5.32 Å². The third-order valence-electron chi connectivity index (χ3n) is 2.58. The average molecular weight is 266 g/mol. The van der Waals surface area contributed by atoms with Crippen LogP contribution in [0.1, 0.15) is 33.5 Å². The number of amides is 3. The molecule has 3 amide bonds. The summed E-state index contributed by atoms with van der Waals surface area (Å²) in [5, 5.41) is 2.05. The number of benzene rings is 1. The van der Waals surface area contributed by atoms with Crippen LogP contribution in [0.3, 0.4) is 0 Å². The zero-order valence-electron chi connectivity index (χ0n) is 16.1. The fourth-order valence-corrected chi connectivity index (χ4v) is 1.55. The van der Waals surface area contributed by atoms with E-state index >= 15 is 0 Å². The van der Waals surface area contributed by atoms with Crippen LogP contribution in [-0.2, 0) is 20.9 Å². The molecular weight excluding hydrogens is 244 g/mol. The van der Waals surface area contributed by atoms with E-state index in [1.54, 1.807) is 18.2 Å². The number of hydrogen-bond donors (Lipinski definition) is 1. The molecule has 5 nitrogen and oxygen atoms in total. The van der Waals surface area contributed by atoms with Crippen LogP contribution < -0.4 is 5.32 Å². The van der Waals surface area contributed by atoms with E-state index in [1.165, 1.54) is 12.1 Å². The number of carbonyl (C=O) groups excluding carboxylic acids is 3. The van der Waals surface area contributed by atoms with Gasteiger partial charge in [-0.3, -0.25) is 19.3 Å². The highest BCUT2D eigenvalue weighted by atomic mass is 16.2. The first-order valence-corrected chi connectivity index (χ1v) is 5.59. The van der Waals surface area contributed by atoms with Gasteiger partial charge in [0.25, 0.3) is 0 Å². The first-order valence-electron chi connectivity index (χ1n) is 8.59. The van der Waals surface area contributed by atoms with Crippen LogP contribution in [0.15, 0.2) is 30.3 Å². The quantitative estimate of drug-likeness (QED) is 0.821. The lowest BCUT2D eigenvalue weighted by atomic mass is 10.2. The van der Waals surface area contributed by atoms with Crippen LogP contribution in [0.2, 0.25) is 0 Å². The molecule has 0 aliphatic carbocycles. The summed E-state index contributed by atoms with van der Waals surface area (Å²) in [7, 11) is 0. The predicted molar refractivity (Wildman–Crippen MR) is 68.8 cm³/mol. The number of carbonyl (C=O) groups is 3. The fourth-order valence-electron chi connectivity index (χ4n) is 1.55. The van der Waals surface area contributed by atoms with E-state index < -0.39 is 43.0 Å². The fraction of sp³-hybridized carbons (Fsp3) is 0.357. The van der Waals surface area contributed by atoms with Crippen molar-refractivity contribution in [3.8, 4) is 0 Å². The molecule has 1 atom stereocenters. The van der Waals surface area contributed by atoms with Crippen molar-refractivity contribution in [1.82, 2.24) is 10.2 Å². The van der Waals surface area contributed by atoms with Gasteiger partial charge in [0.2, 0.25) is 17.7 Å². The second-order valence-corrected chi connectivity index (χ2v) is 3.89. The molecule has 0 unspecified atom stereocenters. The van der Waals surface area contributed by atoms with Crippen LogP contribution in [0.4, 0.5) is 0 Å². The number of imide groups is 1. The second kappa shape index (κ2) is 5.65. The van der Waals surface area contributed by atoms with E-state index in [1.807, 2.05) is 5.32 Å². The van der Waals surface area contributed by atoms with E-state index in [2.05, 4.69) is 0 Å². The highest BCUT2D eigenvalue weighted by molar-refractivity contribution is 6.05. The lowest BCUT2D eigenvalue weighted by Crippen LogP contribution is -2.47. The summed E-state index contributed by atoms with van der Waals surface area (Å²) >= 11 is 0. The zero-order valence-corrected chi connectivity index (χ0v) is 10.1. The number of likely N-dealkylation sites (tertiary alicyclic amines) is 1. The number of nitrogens with one attached hydrogen (secondary N) is 1. The van der Waals surface area contributed by atoms with Gasteiger partial charge in [-0.2, -0.15) is 0 Å². The molecule has 1 aliphatic rings. The molecule has 19 heavy (non-hydrogen) atoms. The van der Waals surface area contributed by atoms with Crippen molar-refractivity contribution in [3.63, 3.8) is 0 Å². The molecule has 0 aromatic heterocycles. The number of nitrogens with zero attached hydrogens (tertiary/aromatic N) is 1. The molecule has 2 rings (SSSR count). The molecule has 5 heteroatoms. The molecule has 100 valence electrons. The molecule has 0 saturated carbocycles. The minimum Gasteiger partial charge on any atom is -0.350 e. The monoisotopic (exact) mass is 266 g/mol. The van der Waals surface area contributed by atoms with Crippen molar-refractivity contribution in [3.05, 3.63) is 35.9 Å². The predicted octanol–water partition coefficient (Wildman–Crippen LogP) is 0.840. The largest absolute Gasteiger partial charge is 0.350 e.